The van der Waals surface area contributed by atoms with E-state index in [1.165, 1.54) is 12.2 Å². The first-order valence-corrected chi connectivity index (χ1v) is 17.9. The van der Waals surface area contributed by atoms with E-state index in [1.807, 2.05) is 15.9 Å². The third kappa shape index (κ3) is 5.84. The van der Waals surface area contributed by atoms with Crippen molar-refractivity contribution in [3.63, 3.8) is 0 Å². The van der Waals surface area contributed by atoms with Crippen LogP contribution in [-0.4, -0.2) is 102 Å². The molecule has 2 aliphatic carbocycles. The average Bonchev–Trinajstić information content (AvgIpc) is 3.73. The number of urea groups is 1. The maximum Gasteiger partial charge on any atom is 0.320 e. The number of fused-ring (bicyclic) bond motifs is 6. The van der Waals surface area contributed by atoms with E-state index in [-0.39, 0.29) is 66.4 Å². The Bertz CT molecular complexity index is 1220. The number of hydrogen-bond acceptors (Lipinski definition) is 7. The third-order valence-electron chi connectivity index (χ3n) is 12.3. The minimum Gasteiger partial charge on any atom is -0.378 e. The van der Waals surface area contributed by atoms with Crippen molar-refractivity contribution >= 4 is 11.9 Å². The van der Waals surface area contributed by atoms with Crippen LogP contribution in [0.3, 0.4) is 0 Å². The van der Waals surface area contributed by atoms with Crippen LogP contribution in [0.4, 0.5) is 13.6 Å². The second-order valence-corrected chi connectivity index (χ2v) is 15.2. The van der Waals surface area contributed by atoms with Crippen molar-refractivity contribution in [1.82, 2.24) is 31.1 Å². The summed E-state index contributed by atoms with van der Waals surface area (Å²) >= 11 is 0. The number of ether oxygens (including phenoxy) is 1. The number of halogens is 2. The molecule has 7 aliphatic rings. The maximum atomic E-state index is 16.4. The summed E-state index contributed by atoms with van der Waals surface area (Å²) in [5.74, 6) is 0.0547. The number of carbonyl (C=O) groups excluding carboxylic acids is 2. The predicted octanol–water partition coefficient (Wildman–Crippen LogP) is 2.96. The smallest absolute Gasteiger partial charge is 0.320 e. The Kier molecular flexibility index (Phi) is 9.31. The normalized spacial score (nSPS) is 45.3. The number of nitrogens with one attached hydrogen (secondary N) is 4. The Labute approximate surface area is 271 Å². The highest BCUT2D eigenvalue weighted by Crippen LogP contribution is 2.53. The molecule has 12 heteroatoms. The lowest BCUT2D eigenvalue weighted by atomic mass is 9.72. The molecule has 0 aromatic heterocycles. The molecular formula is C34H51F2N7O3. The van der Waals surface area contributed by atoms with Gasteiger partial charge in [0.15, 0.2) is 0 Å². The van der Waals surface area contributed by atoms with Gasteiger partial charge >= 0.3 is 6.03 Å². The van der Waals surface area contributed by atoms with Gasteiger partial charge in [0.25, 0.3) is 0 Å². The van der Waals surface area contributed by atoms with Gasteiger partial charge < -0.3 is 25.2 Å². The van der Waals surface area contributed by atoms with Crippen LogP contribution in [0.15, 0.2) is 12.2 Å². The van der Waals surface area contributed by atoms with E-state index in [0.29, 0.717) is 31.9 Å². The molecule has 2 saturated carbocycles. The van der Waals surface area contributed by atoms with Crippen molar-refractivity contribution in [2.24, 2.45) is 29.6 Å². The Hall–Kier alpha value is -2.33. The van der Waals surface area contributed by atoms with Gasteiger partial charge in [0.05, 0.1) is 30.5 Å². The molecule has 4 N–H and O–H groups in total. The molecule has 5 aliphatic heterocycles. The molecule has 10 nitrogen and oxygen atoms in total. The molecule has 14 unspecified atom stereocenters. The molecule has 0 spiro atoms. The summed E-state index contributed by atoms with van der Waals surface area (Å²) in [6, 6.07) is 1.36. The number of hydrogen-bond donors (Lipinski definition) is 4. The molecule has 46 heavy (non-hydrogen) atoms. The summed E-state index contributed by atoms with van der Waals surface area (Å²) in [5.41, 5.74) is 0. The first-order chi connectivity index (χ1) is 22.3. The fraction of sp³-hybridized carbons (Fsp3) is 0.853. The first kappa shape index (κ1) is 32.2. The van der Waals surface area contributed by atoms with Crippen LogP contribution >= 0.6 is 0 Å². The van der Waals surface area contributed by atoms with E-state index in [4.69, 9.17) is 10.00 Å². The molecule has 7 rings (SSSR count). The molecule has 3 amide bonds. The lowest BCUT2D eigenvalue weighted by molar-refractivity contribution is -0.134. The second kappa shape index (κ2) is 13.3. The lowest BCUT2D eigenvalue weighted by Crippen LogP contribution is -2.79. The van der Waals surface area contributed by atoms with Gasteiger partial charge in [-0.2, -0.15) is 5.26 Å². The van der Waals surface area contributed by atoms with Crippen LogP contribution < -0.4 is 21.3 Å². The Morgan fingerprint density at radius 1 is 1.15 bits per heavy atom. The minimum absolute atomic E-state index is 0.0851. The maximum absolute atomic E-state index is 16.4. The first-order valence-electron chi connectivity index (χ1n) is 17.9. The molecule has 2 bridgehead atoms. The summed E-state index contributed by atoms with van der Waals surface area (Å²) in [6.07, 6.45) is 5.40. The Morgan fingerprint density at radius 2 is 2.00 bits per heavy atom. The van der Waals surface area contributed by atoms with E-state index in [9.17, 15) is 9.59 Å². The summed E-state index contributed by atoms with van der Waals surface area (Å²) in [7, 11) is 0. The van der Waals surface area contributed by atoms with Crippen molar-refractivity contribution in [1.29, 1.82) is 5.26 Å². The number of nitriles is 1. The number of allylic oxidation sites excluding steroid dienone is 1. The van der Waals surface area contributed by atoms with Crippen LogP contribution in [0.5, 0.6) is 0 Å². The average molecular weight is 644 g/mol. The SMILES string of the molecule is CC(C)C1NCCC2CCCOC3CCCC(F)C3C3NC4C(CC3F)C(NCCC3C5CC5N3C(=O)/C=C/C#N)NC(=O)N4C21. The van der Waals surface area contributed by atoms with Crippen molar-refractivity contribution in [2.75, 3.05) is 19.7 Å². The van der Waals surface area contributed by atoms with Crippen LogP contribution in [0, 0.1) is 40.9 Å². The number of alkyl halides is 2. The highest BCUT2D eigenvalue weighted by molar-refractivity contribution is 5.90. The van der Waals surface area contributed by atoms with Gasteiger partial charge in [-0.1, -0.05) is 13.8 Å². The number of piperidine rings is 2. The summed E-state index contributed by atoms with van der Waals surface area (Å²) in [5, 5.41) is 22.9. The largest absolute Gasteiger partial charge is 0.378 e. The van der Waals surface area contributed by atoms with E-state index in [2.05, 4.69) is 35.1 Å². The van der Waals surface area contributed by atoms with Gasteiger partial charge in [-0.25, -0.2) is 13.6 Å². The topological polar surface area (TPSA) is 122 Å². The number of likely N-dealkylation sites (tertiary alicyclic amines) is 1. The van der Waals surface area contributed by atoms with Gasteiger partial charge in [-0.3, -0.25) is 15.4 Å². The van der Waals surface area contributed by atoms with Crippen LogP contribution in [0.25, 0.3) is 0 Å². The zero-order valence-corrected chi connectivity index (χ0v) is 27.1. The standard InChI is InChI=1S/C34H51F2N7O3/c1-18(2)29-31-19(10-13-38-29)6-5-15-46-26-8-3-7-22(35)28(26)30-23(36)16-21-32(41-34(45)43(31)33(21)40-30)39-14-11-24-20-17-25(20)42(24)27(44)9-4-12-37/h4,9,18-26,28-33,38-40H,3,5-8,10-11,13-17H2,1-2H3,(H,41,45)/b9-4+. The van der Waals surface area contributed by atoms with Crippen molar-refractivity contribution in [3.05, 3.63) is 12.2 Å². The fourth-order valence-electron chi connectivity index (χ4n) is 10.2. The van der Waals surface area contributed by atoms with Crippen LogP contribution in [0.1, 0.15) is 71.6 Å². The van der Waals surface area contributed by atoms with Gasteiger partial charge in [0, 0.05) is 60.7 Å². The number of rotatable bonds is 6. The molecule has 0 aromatic carbocycles. The summed E-state index contributed by atoms with van der Waals surface area (Å²) < 4.78 is 38.5. The number of amides is 3. The fourth-order valence-corrected chi connectivity index (χ4v) is 10.2. The second-order valence-electron chi connectivity index (χ2n) is 15.2. The third-order valence-corrected chi connectivity index (χ3v) is 12.3. The molecule has 254 valence electrons. The van der Waals surface area contributed by atoms with Gasteiger partial charge in [0.2, 0.25) is 5.91 Å². The van der Waals surface area contributed by atoms with Gasteiger partial charge in [0.1, 0.15) is 12.3 Å². The van der Waals surface area contributed by atoms with Crippen molar-refractivity contribution in [3.8, 4) is 6.07 Å². The zero-order chi connectivity index (χ0) is 32.1. The van der Waals surface area contributed by atoms with E-state index in [1.54, 1.807) is 0 Å². The predicted molar refractivity (Wildman–Crippen MR) is 168 cm³/mol. The van der Waals surface area contributed by atoms with Crippen LogP contribution in [0.2, 0.25) is 0 Å². The molecule has 14 atom stereocenters. The van der Waals surface area contributed by atoms with E-state index < -0.39 is 36.6 Å². The van der Waals surface area contributed by atoms with Gasteiger partial charge in [-0.15, -0.1) is 0 Å². The van der Waals surface area contributed by atoms with Gasteiger partial charge in [-0.05, 0) is 82.7 Å². The van der Waals surface area contributed by atoms with Crippen molar-refractivity contribution in [2.45, 2.75) is 133 Å². The molecule has 5 saturated heterocycles. The highest BCUT2D eigenvalue weighted by atomic mass is 19.1. The minimum atomic E-state index is -1.28. The van der Waals surface area contributed by atoms with Crippen molar-refractivity contribution < 1.29 is 23.1 Å². The molecule has 7 fully saturated rings. The molecule has 0 aromatic rings. The Morgan fingerprint density at radius 3 is 2.80 bits per heavy atom. The summed E-state index contributed by atoms with van der Waals surface area (Å²) in [6.45, 7) is 6.36. The zero-order valence-electron chi connectivity index (χ0n) is 27.1. The Balaban J connectivity index is 1.14. The molecule has 5 heterocycles. The monoisotopic (exact) mass is 643 g/mol. The lowest BCUT2D eigenvalue weighted by Gasteiger charge is -2.58. The number of nitrogens with zero attached hydrogens (tertiary/aromatic N) is 3. The summed E-state index contributed by atoms with van der Waals surface area (Å²) in [4.78, 5) is 30.8. The van der Waals surface area contributed by atoms with E-state index >= 15 is 8.78 Å². The molecule has 0 radical (unpaired) electrons. The quantitative estimate of drug-likeness (QED) is 0.260. The molecular weight excluding hydrogens is 592 g/mol. The highest BCUT2D eigenvalue weighted by Gasteiger charge is 2.61. The van der Waals surface area contributed by atoms with Crippen LogP contribution in [-0.2, 0) is 9.53 Å². The van der Waals surface area contributed by atoms with E-state index in [0.717, 1.165) is 45.1 Å². The number of carbonyl (C=O) groups is 2.